The lowest BCUT2D eigenvalue weighted by atomic mass is 9.97. The predicted molar refractivity (Wildman–Crippen MR) is 172 cm³/mol. The minimum Gasteiger partial charge on any atom is -0.208 e. The molecule has 0 spiro atoms. The van der Waals surface area contributed by atoms with E-state index in [1.807, 2.05) is 60.7 Å². The van der Waals surface area contributed by atoms with E-state index in [9.17, 15) is 4.39 Å². The number of halogens is 1. The molecule has 1 aromatic heterocycles. The van der Waals surface area contributed by atoms with Crippen molar-refractivity contribution in [2.45, 2.75) is 0 Å². The van der Waals surface area contributed by atoms with E-state index in [1.54, 1.807) is 12.1 Å². The number of aromatic nitrogens is 3. The van der Waals surface area contributed by atoms with Gasteiger partial charge < -0.3 is 0 Å². The zero-order valence-corrected chi connectivity index (χ0v) is 23.2. The first-order chi connectivity index (χ1) is 21.2. The van der Waals surface area contributed by atoms with Gasteiger partial charge in [0, 0.05) is 16.7 Å². The van der Waals surface area contributed by atoms with Gasteiger partial charge in [-0.1, -0.05) is 146 Å². The molecule has 204 valence electrons. The Morgan fingerprint density at radius 3 is 0.791 bits per heavy atom. The van der Waals surface area contributed by atoms with Crippen LogP contribution in [0.4, 0.5) is 4.39 Å². The zero-order valence-electron chi connectivity index (χ0n) is 23.2. The summed E-state index contributed by atoms with van der Waals surface area (Å²) in [5.41, 5.74) is 9.39. The normalized spacial score (nSPS) is 10.9. The maximum Gasteiger partial charge on any atom is 0.164 e. The number of hydrogen-bond acceptors (Lipinski definition) is 3. The maximum atomic E-state index is 13.3. The molecular formula is C39H26FN3. The molecule has 0 unspecified atom stereocenters. The molecule has 1 heterocycles. The van der Waals surface area contributed by atoms with Gasteiger partial charge >= 0.3 is 0 Å². The molecule has 0 bridgehead atoms. The monoisotopic (exact) mass is 555 g/mol. The lowest BCUT2D eigenvalue weighted by Gasteiger charge is -2.09. The summed E-state index contributed by atoms with van der Waals surface area (Å²) in [6.07, 6.45) is 0. The van der Waals surface area contributed by atoms with Gasteiger partial charge in [0.25, 0.3) is 0 Å². The second-order valence-corrected chi connectivity index (χ2v) is 10.3. The van der Waals surface area contributed by atoms with Gasteiger partial charge in [-0.3, -0.25) is 0 Å². The van der Waals surface area contributed by atoms with Crippen LogP contribution in [-0.2, 0) is 0 Å². The van der Waals surface area contributed by atoms with Crippen molar-refractivity contribution < 1.29 is 4.39 Å². The summed E-state index contributed by atoms with van der Waals surface area (Å²) >= 11 is 0. The molecule has 0 atom stereocenters. The van der Waals surface area contributed by atoms with Gasteiger partial charge in [0.2, 0.25) is 0 Å². The van der Waals surface area contributed by atoms with Gasteiger partial charge in [-0.05, 0) is 45.5 Å². The van der Waals surface area contributed by atoms with Gasteiger partial charge in [-0.25, -0.2) is 19.3 Å². The fourth-order valence-electron chi connectivity index (χ4n) is 5.10. The van der Waals surface area contributed by atoms with Crippen LogP contribution in [0.3, 0.4) is 0 Å². The van der Waals surface area contributed by atoms with Crippen LogP contribution in [0.15, 0.2) is 158 Å². The van der Waals surface area contributed by atoms with Crippen molar-refractivity contribution in [2.24, 2.45) is 0 Å². The Balaban J connectivity index is 1.14. The van der Waals surface area contributed by atoms with E-state index in [0.717, 1.165) is 50.1 Å². The number of nitrogens with zero attached hydrogens (tertiary/aromatic N) is 3. The van der Waals surface area contributed by atoms with E-state index in [1.165, 1.54) is 12.1 Å². The molecule has 0 N–H and O–H groups in total. The highest BCUT2D eigenvalue weighted by atomic mass is 19.1. The van der Waals surface area contributed by atoms with E-state index < -0.39 is 0 Å². The van der Waals surface area contributed by atoms with Gasteiger partial charge in [0.05, 0.1) is 0 Å². The number of hydrogen-bond donors (Lipinski definition) is 0. The van der Waals surface area contributed by atoms with Gasteiger partial charge in [-0.2, -0.15) is 0 Å². The molecular weight excluding hydrogens is 529 g/mol. The molecule has 6 aromatic carbocycles. The van der Waals surface area contributed by atoms with Crippen LogP contribution in [0.25, 0.3) is 67.5 Å². The molecule has 0 saturated carbocycles. The molecule has 0 saturated heterocycles. The Morgan fingerprint density at radius 1 is 0.256 bits per heavy atom. The first kappa shape index (κ1) is 26.2. The van der Waals surface area contributed by atoms with Crippen LogP contribution in [0, 0.1) is 5.82 Å². The summed E-state index contributed by atoms with van der Waals surface area (Å²) < 4.78 is 13.3. The molecule has 4 heteroatoms. The third kappa shape index (κ3) is 5.72. The fraction of sp³-hybridized carbons (Fsp3) is 0. The molecule has 0 aliphatic rings. The molecule has 3 nitrogen and oxygen atoms in total. The van der Waals surface area contributed by atoms with Crippen molar-refractivity contribution in [1.29, 1.82) is 0 Å². The van der Waals surface area contributed by atoms with Crippen LogP contribution in [0.5, 0.6) is 0 Å². The first-order valence-electron chi connectivity index (χ1n) is 14.1. The van der Waals surface area contributed by atoms with E-state index in [-0.39, 0.29) is 5.82 Å². The molecule has 0 amide bonds. The fourth-order valence-corrected chi connectivity index (χ4v) is 5.10. The Labute approximate surface area is 250 Å². The second-order valence-electron chi connectivity index (χ2n) is 10.3. The summed E-state index contributed by atoms with van der Waals surface area (Å²) in [5, 5.41) is 0. The number of benzene rings is 6. The topological polar surface area (TPSA) is 38.7 Å². The van der Waals surface area contributed by atoms with Crippen molar-refractivity contribution in [3.63, 3.8) is 0 Å². The van der Waals surface area contributed by atoms with Crippen molar-refractivity contribution in [2.75, 3.05) is 0 Å². The Morgan fingerprint density at radius 2 is 0.488 bits per heavy atom. The quantitative estimate of drug-likeness (QED) is 0.205. The molecule has 0 aliphatic heterocycles. The van der Waals surface area contributed by atoms with Crippen LogP contribution in [0.2, 0.25) is 0 Å². The van der Waals surface area contributed by atoms with Gasteiger partial charge in [0.15, 0.2) is 17.5 Å². The third-order valence-electron chi connectivity index (χ3n) is 7.46. The predicted octanol–water partition coefficient (Wildman–Crippen LogP) is 10.0. The Kier molecular flexibility index (Phi) is 7.08. The van der Waals surface area contributed by atoms with Crippen molar-refractivity contribution >= 4 is 0 Å². The van der Waals surface area contributed by atoms with Crippen molar-refractivity contribution in [1.82, 2.24) is 15.0 Å². The summed E-state index contributed by atoms with van der Waals surface area (Å²) in [6.45, 7) is 0. The molecule has 0 fully saturated rings. The minimum atomic E-state index is -0.227. The molecule has 7 rings (SSSR count). The van der Waals surface area contributed by atoms with Crippen LogP contribution < -0.4 is 0 Å². The van der Waals surface area contributed by atoms with Gasteiger partial charge in [0.1, 0.15) is 5.82 Å². The summed E-state index contributed by atoms with van der Waals surface area (Å²) in [7, 11) is 0. The van der Waals surface area contributed by atoms with Crippen molar-refractivity contribution in [3.05, 3.63) is 164 Å². The lowest BCUT2D eigenvalue weighted by Crippen LogP contribution is -2.00. The van der Waals surface area contributed by atoms with E-state index in [0.29, 0.717) is 17.5 Å². The van der Waals surface area contributed by atoms with Crippen LogP contribution in [-0.4, -0.2) is 15.0 Å². The molecule has 43 heavy (non-hydrogen) atoms. The van der Waals surface area contributed by atoms with Crippen LogP contribution in [0.1, 0.15) is 0 Å². The SMILES string of the molecule is Fc1ccc(-c2ccc(-c3ccc(-c4ccc(-c5nc(-c6ccccc6)nc(-c6ccccc6)n5)cc4)cc3)cc2)cc1. The average Bonchev–Trinajstić information content (AvgIpc) is 3.09. The molecule has 7 aromatic rings. The van der Waals surface area contributed by atoms with Gasteiger partial charge in [-0.15, -0.1) is 0 Å². The minimum absolute atomic E-state index is 0.227. The Hall–Kier alpha value is -5.74. The number of rotatable bonds is 6. The Bertz CT molecular complexity index is 1910. The average molecular weight is 556 g/mol. The smallest absolute Gasteiger partial charge is 0.164 e. The summed E-state index contributed by atoms with van der Waals surface area (Å²) in [5.74, 6) is 1.71. The van der Waals surface area contributed by atoms with Crippen molar-refractivity contribution in [3.8, 4) is 67.5 Å². The zero-order chi connectivity index (χ0) is 29.0. The summed E-state index contributed by atoms with van der Waals surface area (Å²) in [4.78, 5) is 14.5. The van der Waals surface area contributed by atoms with E-state index in [2.05, 4.69) is 72.8 Å². The second kappa shape index (κ2) is 11.6. The largest absolute Gasteiger partial charge is 0.208 e. The molecule has 0 aliphatic carbocycles. The summed E-state index contributed by atoms with van der Waals surface area (Å²) in [6, 6.07) is 51.8. The standard InChI is InChI=1S/C39H26FN3/c40-36-25-23-32(24-26-36)30-17-15-28(16-18-30)27-11-13-29(14-12-27)31-19-21-35(22-20-31)39-42-37(33-7-3-1-4-8-33)41-38(43-39)34-9-5-2-6-10-34/h1-26H. The lowest BCUT2D eigenvalue weighted by molar-refractivity contribution is 0.628. The first-order valence-corrected chi connectivity index (χ1v) is 14.1. The maximum absolute atomic E-state index is 13.3. The third-order valence-corrected chi connectivity index (χ3v) is 7.46. The van der Waals surface area contributed by atoms with Crippen LogP contribution >= 0.6 is 0 Å². The highest BCUT2D eigenvalue weighted by Crippen LogP contribution is 2.30. The highest BCUT2D eigenvalue weighted by molar-refractivity contribution is 5.75. The van der Waals surface area contributed by atoms with E-state index >= 15 is 0 Å². The molecule has 0 radical (unpaired) electrons. The highest BCUT2D eigenvalue weighted by Gasteiger charge is 2.12. The van der Waals surface area contributed by atoms with E-state index in [4.69, 9.17) is 15.0 Å².